The monoisotopic (exact) mass is 212 g/mol. The van der Waals surface area contributed by atoms with Gasteiger partial charge in [-0.3, -0.25) is 4.40 Å². The van der Waals surface area contributed by atoms with Crippen molar-refractivity contribution in [3.8, 4) is 0 Å². The first-order valence-corrected chi connectivity index (χ1v) is 5.15. The van der Waals surface area contributed by atoms with E-state index in [2.05, 4.69) is 22.1 Å². The molecule has 0 unspecified atom stereocenters. The highest BCUT2D eigenvalue weighted by Gasteiger charge is 2.08. The summed E-state index contributed by atoms with van der Waals surface area (Å²) in [5.74, 6) is 0.976. The van der Waals surface area contributed by atoms with Crippen molar-refractivity contribution in [3.05, 3.63) is 36.8 Å². The molecule has 2 aromatic heterocycles. The van der Waals surface area contributed by atoms with E-state index in [1.807, 2.05) is 35.5 Å². The maximum absolute atomic E-state index is 4.59. The SMILES string of the molecule is CN(C)c1nc2cncn2c2ccccc12. The molecule has 0 spiro atoms. The second-order valence-corrected chi connectivity index (χ2v) is 3.97. The Kier molecular flexibility index (Phi) is 1.83. The molecule has 80 valence electrons. The standard InChI is InChI=1S/C12H12N4/c1-15(2)12-9-5-3-4-6-10(9)16-8-13-7-11(16)14-12/h3-8H,1-2H3. The van der Waals surface area contributed by atoms with Gasteiger partial charge in [-0.25, -0.2) is 9.97 Å². The largest absolute Gasteiger partial charge is 0.362 e. The first-order valence-electron chi connectivity index (χ1n) is 5.15. The minimum absolute atomic E-state index is 0.877. The Morgan fingerprint density at radius 1 is 1.19 bits per heavy atom. The first kappa shape index (κ1) is 9.15. The number of nitrogens with zero attached hydrogens (tertiary/aromatic N) is 4. The molecule has 4 nitrogen and oxygen atoms in total. The maximum Gasteiger partial charge on any atom is 0.159 e. The molecule has 0 saturated heterocycles. The van der Waals surface area contributed by atoms with Gasteiger partial charge in [0.1, 0.15) is 12.1 Å². The summed E-state index contributed by atoms with van der Waals surface area (Å²) in [6.45, 7) is 0. The van der Waals surface area contributed by atoms with E-state index in [-0.39, 0.29) is 0 Å². The Labute approximate surface area is 93.2 Å². The zero-order valence-electron chi connectivity index (χ0n) is 9.25. The van der Waals surface area contributed by atoms with E-state index in [4.69, 9.17) is 0 Å². The molecular weight excluding hydrogens is 200 g/mol. The second-order valence-electron chi connectivity index (χ2n) is 3.97. The number of hydrogen-bond acceptors (Lipinski definition) is 3. The van der Waals surface area contributed by atoms with Crippen LogP contribution in [0.15, 0.2) is 36.8 Å². The average Bonchev–Trinajstić information content (AvgIpc) is 2.75. The molecule has 0 radical (unpaired) electrons. The highest BCUT2D eigenvalue weighted by atomic mass is 15.2. The summed E-state index contributed by atoms with van der Waals surface area (Å²) in [6.07, 6.45) is 3.57. The third kappa shape index (κ3) is 1.16. The third-order valence-electron chi connectivity index (χ3n) is 2.67. The van der Waals surface area contributed by atoms with Gasteiger partial charge in [0.15, 0.2) is 5.65 Å². The van der Waals surface area contributed by atoms with Gasteiger partial charge < -0.3 is 4.90 Å². The average molecular weight is 212 g/mol. The van der Waals surface area contributed by atoms with Crippen LogP contribution in [0.5, 0.6) is 0 Å². The second kappa shape index (κ2) is 3.20. The minimum Gasteiger partial charge on any atom is -0.362 e. The van der Waals surface area contributed by atoms with E-state index in [9.17, 15) is 0 Å². The van der Waals surface area contributed by atoms with Crippen LogP contribution in [0.25, 0.3) is 16.6 Å². The van der Waals surface area contributed by atoms with Gasteiger partial charge in [0.05, 0.1) is 11.7 Å². The van der Waals surface area contributed by atoms with Gasteiger partial charge >= 0.3 is 0 Å². The predicted molar refractivity (Wildman–Crippen MR) is 64.8 cm³/mol. The topological polar surface area (TPSA) is 33.4 Å². The lowest BCUT2D eigenvalue weighted by Gasteiger charge is -2.14. The van der Waals surface area contributed by atoms with Crippen LogP contribution in [0.1, 0.15) is 0 Å². The van der Waals surface area contributed by atoms with Gasteiger partial charge in [0.2, 0.25) is 0 Å². The van der Waals surface area contributed by atoms with Gasteiger partial charge in [0, 0.05) is 19.5 Å². The summed E-state index contributed by atoms with van der Waals surface area (Å²) in [7, 11) is 4.00. The molecule has 0 N–H and O–H groups in total. The van der Waals surface area contributed by atoms with E-state index < -0.39 is 0 Å². The Balaban J connectivity index is 2.55. The number of rotatable bonds is 1. The number of imidazole rings is 1. The number of para-hydroxylation sites is 1. The summed E-state index contributed by atoms with van der Waals surface area (Å²) < 4.78 is 2.00. The number of hydrogen-bond donors (Lipinski definition) is 0. The van der Waals surface area contributed by atoms with Gasteiger partial charge in [-0.1, -0.05) is 12.1 Å². The first-order chi connectivity index (χ1) is 7.77. The van der Waals surface area contributed by atoms with Crippen molar-refractivity contribution in [1.29, 1.82) is 0 Å². The molecular formula is C12H12N4. The smallest absolute Gasteiger partial charge is 0.159 e. The molecule has 16 heavy (non-hydrogen) atoms. The van der Waals surface area contributed by atoms with Crippen LogP contribution >= 0.6 is 0 Å². The summed E-state index contributed by atoms with van der Waals surface area (Å²) in [5, 5.41) is 1.14. The fourth-order valence-corrected chi connectivity index (χ4v) is 1.94. The molecule has 0 atom stereocenters. The van der Waals surface area contributed by atoms with Crippen LogP contribution in [0.2, 0.25) is 0 Å². The summed E-state index contributed by atoms with van der Waals surface area (Å²) >= 11 is 0. The fraction of sp³-hybridized carbons (Fsp3) is 0.167. The van der Waals surface area contributed by atoms with Crippen molar-refractivity contribution in [3.63, 3.8) is 0 Å². The van der Waals surface area contributed by atoms with E-state index in [0.29, 0.717) is 0 Å². The van der Waals surface area contributed by atoms with Crippen LogP contribution in [-0.4, -0.2) is 28.5 Å². The van der Waals surface area contributed by atoms with Crippen molar-refractivity contribution in [2.45, 2.75) is 0 Å². The Hall–Kier alpha value is -2.10. The van der Waals surface area contributed by atoms with Crippen LogP contribution in [0, 0.1) is 0 Å². The molecule has 0 amide bonds. The Morgan fingerprint density at radius 2 is 2.00 bits per heavy atom. The molecule has 0 aliphatic heterocycles. The number of anilines is 1. The van der Waals surface area contributed by atoms with Crippen molar-refractivity contribution in [1.82, 2.24) is 14.4 Å². The van der Waals surface area contributed by atoms with E-state index in [0.717, 1.165) is 22.4 Å². The van der Waals surface area contributed by atoms with E-state index >= 15 is 0 Å². The van der Waals surface area contributed by atoms with Crippen LogP contribution in [-0.2, 0) is 0 Å². The Bertz CT molecular complexity index is 654. The van der Waals surface area contributed by atoms with Gasteiger partial charge in [-0.2, -0.15) is 0 Å². The molecule has 3 aromatic rings. The molecule has 2 heterocycles. The summed E-state index contributed by atoms with van der Waals surface area (Å²) in [6, 6.07) is 8.22. The number of aromatic nitrogens is 3. The summed E-state index contributed by atoms with van der Waals surface area (Å²) in [4.78, 5) is 10.7. The molecule has 0 saturated carbocycles. The Morgan fingerprint density at radius 3 is 2.81 bits per heavy atom. The van der Waals surface area contributed by atoms with E-state index in [1.165, 1.54) is 0 Å². The molecule has 0 fully saturated rings. The summed E-state index contributed by atoms with van der Waals surface area (Å²) in [5.41, 5.74) is 2.01. The van der Waals surface area contributed by atoms with Crippen LogP contribution in [0.3, 0.4) is 0 Å². The normalized spacial score (nSPS) is 11.1. The predicted octanol–water partition coefficient (Wildman–Crippen LogP) is 1.95. The lowest BCUT2D eigenvalue weighted by Crippen LogP contribution is -2.12. The van der Waals surface area contributed by atoms with Gasteiger partial charge in [0.25, 0.3) is 0 Å². The van der Waals surface area contributed by atoms with Gasteiger partial charge in [-0.15, -0.1) is 0 Å². The van der Waals surface area contributed by atoms with Crippen molar-refractivity contribution >= 4 is 22.4 Å². The highest BCUT2D eigenvalue weighted by molar-refractivity contribution is 5.91. The van der Waals surface area contributed by atoms with Crippen molar-refractivity contribution < 1.29 is 0 Å². The molecule has 1 aromatic carbocycles. The van der Waals surface area contributed by atoms with E-state index in [1.54, 1.807) is 12.5 Å². The third-order valence-corrected chi connectivity index (χ3v) is 2.67. The van der Waals surface area contributed by atoms with Crippen LogP contribution < -0.4 is 4.90 Å². The molecule has 0 aliphatic rings. The minimum atomic E-state index is 0.877. The quantitative estimate of drug-likeness (QED) is 0.618. The van der Waals surface area contributed by atoms with Crippen molar-refractivity contribution in [2.24, 2.45) is 0 Å². The molecule has 4 heteroatoms. The van der Waals surface area contributed by atoms with Crippen LogP contribution in [0.4, 0.5) is 5.82 Å². The lowest BCUT2D eigenvalue weighted by atomic mass is 10.2. The zero-order valence-corrected chi connectivity index (χ0v) is 9.25. The highest BCUT2D eigenvalue weighted by Crippen LogP contribution is 2.24. The molecule has 0 aliphatic carbocycles. The fourth-order valence-electron chi connectivity index (χ4n) is 1.94. The van der Waals surface area contributed by atoms with Crippen molar-refractivity contribution in [2.75, 3.05) is 19.0 Å². The number of benzene rings is 1. The maximum atomic E-state index is 4.59. The zero-order chi connectivity index (χ0) is 11.1. The lowest BCUT2D eigenvalue weighted by molar-refractivity contribution is 1.07. The molecule has 0 bridgehead atoms. The molecule has 3 rings (SSSR count). The van der Waals surface area contributed by atoms with Gasteiger partial charge in [-0.05, 0) is 12.1 Å². The number of fused-ring (bicyclic) bond motifs is 3.